The van der Waals surface area contributed by atoms with E-state index in [0.29, 0.717) is 11.8 Å². The summed E-state index contributed by atoms with van der Waals surface area (Å²) in [5.74, 6) is 2.18. The van der Waals surface area contributed by atoms with Gasteiger partial charge in [-0.25, -0.2) is 4.98 Å². The molecule has 20 heavy (non-hydrogen) atoms. The Balaban J connectivity index is 2.48. The molecule has 1 aromatic rings. The number of thiazole rings is 1. The topological polar surface area (TPSA) is 24.9 Å². The summed E-state index contributed by atoms with van der Waals surface area (Å²) in [6.45, 7) is 14.7. The van der Waals surface area contributed by atoms with Crippen LogP contribution in [0.25, 0.3) is 0 Å². The van der Waals surface area contributed by atoms with Crippen LogP contribution in [0.2, 0.25) is 0 Å². The van der Waals surface area contributed by atoms with Gasteiger partial charge in [-0.2, -0.15) is 0 Å². The summed E-state index contributed by atoms with van der Waals surface area (Å²) in [5.41, 5.74) is 1.31. The summed E-state index contributed by atoms with van der Waals surface area (Å²) in [4.78, 5) is 6.32. The first-order valence-electron chi connectivity index (χ1n) is 8.10. The Bertz CT molecular complexity index is 432. The largest absolute Gasteiger partial charge is 0.305 e. The molecule has 1 N–H and O–H groups in total. The maximum absolute atomic E-state index is 4.95. The van der Waals surface area contributed by atoms with Gasteiger partial charge in [0.1, 0.15) is 5.01 Å². The molecule has 0 spiro atoms. The first kappa shape index (κ1) is 16.0. The minimum absolute atomic E-state index is 0.101. The molecule has 3 unspecified atom stereocenters. The van der Waals surface area contributed by atoms with Crippen LogP contribution in [0, 0.1) is 31.6 Å². The number of aromatic nitrogens is 1. The standard InChI is InChI=1S/C17H30N2S/c1-7-18-17(16-19-13(5)14(6)20-16)10-12(4)8-9-15(17)11(2)3/h11-12,15,18H,7-10H2,1-6H3. The van der Waals surface area contributed by atoms with Crippen molar-refractivity contribution in [1.82, 2.24) is 10.3 Å². The summed E-state index contributed by atoms with van der Waals surface area (Å²) in [7, 11) is 0. The maximum Gasteiger partial charge on any atom is 0.114 e. The third-order valence-corrected chi connectivity index (χ3v) is 6.23. The SMILES string of the molecule is CCNC1(c2nc(C)c(C)s2)CC(C)CCC1C(C)C. The molecule has 0 aliphatic heterocycles. The van der Waals surface area contributed by atoms with Gasteiger partial charge in [-0.1, -0.05) is 34.1 Å². The zero-order chi connectivity index (χ0) is 14.9. The lowest BCUT2D eigenvalue weighted by atomic mass is 9.65. The van der Waals surface area contributed by atoms with Crippen LogP contribution < -0.4 is 5.32 Å². The first-order chi connectivity index (χ1) is 9.40. The van der Waals surface area contributed by atoms with E-state index in [1.807, 2.05) is 11.3 Å². The predicted molar refractivity (Wildman–Crippen MR) is 88.3 cm³/mol. The molecule has 0 radical (unpaired) electrons. The van der Waals surface area contributed by atoms with Crippen LogP contribution in [0.4, 0.5) is 0 Å². The molecule has 1 fully saturated rings. The molecule has 0 aromatic carbocycles. The fraction of sp³-hybridized carbons (Fsp3) is 0.824. The molecular weight excluding hydrogens is 264 g/mol. The highest BCUT2D eigenvalue weighted by Gasteiger charge is 2.47. The van der Waals surface area contributed by atoms with Gasteiger partial charge in [-0.15, -0.1) is 11.3 Å². The van der Waals surface area contributed by atoms with Crippen molar-refractivity contribution < 1.29 is 0 Å². The normalized spacial score (nSPS) is 30.9. The van der Waals surface area contributed by atoms with Crippen LogP contribution in [-0.2, 0) is 5.54 Å². The summed E-state index contributed by atoms with van der Waals surface area (Å²) >= 11 is 1.91. The second kappa shape index (κ2) is 6.15. The van der Waals surface area contributed by atoms with Crippen LogP contribution in [-0.4, -0.2) is 11.5 Å². The van der Waals surface area contributed by atoms with Crippen LogP contribution in [0.15, 0.2) is 0 Å². The molecule has 2 rings (SSSR count). The van der Waals surface area contributed by atoms with Crippen molar-refractivity contribution in [1.29, 1.82) is 0 Å². The minimum Gasteiger partial charge on any atom is -0.305 e. The van der Waals surface area contributed by atoms with Gasteiger partial charge in [0.15, 0.2) is 0 Å². The number of hydrogen-bond donors (Lipinski definition) is 1. The number of nitrogens with zero attached hydrogens (tertiary/aromatic N) is 1. The molecule has 1 heterocycles. The van der Waals surface area contributed by atoms with Crippen molar-refractivity contribution in [2.45, 2.75) is 66.3 Å². The molecule has 3 atom stereocenters. The highest BCUT2D eigenvalue weighted by atomic mass is 32.1. The lowest BCUT2D eigenvalue weighted by molar-refractivity contribution is 0.0738. The van der Waals surface area contributed by atoms with E-state index in [9.17, 15) is 0 Å². The average molecular weight is 295 g/mol. The number of hydrogen-bond acceptors (Lipinski definition) is 3. The van der Waals surface area contributed by atoms with E-state index in [1.165, 1.54) is 34.8 Å². The molecule has 3 heteroatoms. The van der Waals surface area contributed by atoms with Gasteiger partial charge in [-0.3, -0.25) is 0 Å². The lowest BCUT2D eigenvalue weighted by Gasteiger charge is -2.47. The molecule has 1 aliphatic rings. The summed E-state index contributed by atoms with van der Waals surface area (Å²) < 4.78 is 0. The first-order valence-corrected chi connectivity index (χ1v) is 8.91. The van der Waals surface area contributed by atoms with Crippen molar-refractivity contribution in [3.05, 3.63) is 15.6 Å². The van der Waals surface area contributed by atoms with Gasteiger partial charge in [0.2, 0.25) is 0 Å². The zero-order valence-corrected chi connectivity index (χ0v) is 14.7. The van der Waals surface area contributed by atoms with Crippen molar-refractivity contribution in [2.75, 3.05) is 6.54 Å². The zero-order valence-electron chi connectivity index (χ0n) is 13.9. The molecular formula is C17H30N2S. The van der Waals surface area contributed by atoms with E-state index in [-0.39, 0.29) is 5.54 Å². The highest BCUT2D eigenvalue weighted by Crippen LogP contribution is 2.48. The van der Waals surface area contributed by atoms with Crippen molar-refractivity contribution in [3.63, 3.8) is 0 Å². The van der Waals surface area contributed by atoms with Crippen LogP contribution >= 0.6 is 11.3 Å². The Morgan fingerprint density at radius 1 is 1.35 bits per heavy atom. The average Bonchev–Trinajstić information content (AvgIpc) is 2.70. The molecule has 0 saturated heterocycles. The van der Waals surface area contributed by atoms with Gasteiger partial charge in [0, 0.05) is 4.88 Å². The molecule has 1 saturated carbocycles. The number of rotatable bonds is 4. The van der Waals surface area contributed by atoms with E-state index < -0.39 is 0 Å². The van der Waals surface area contributed by atoms with Gasteiger partial charge >= 0.3 is 0 Å². The molecule has 2 nitrogen and oxygen atoms in total. The molecule has 1 aliphatic carbocycles. The van der Waals surface area contributed by atoms with E-state index in [1.54, 1.807) is 0 Å². The molecule has 114 valence electrons. The second-order valence-electron chi connectivity index (χ2n) is 6.90. The van der Waals surface area contributed by atoms with Crippen molar-refractivity contribution in [2.24, 2.45) is 17.8 Å². The molecule has 0 amide bonds. The van der Waals surface area contributed by atoms with Gasteiger partial charge in [0.05, 0.1) is 11.2 Å². The molecule has 0 bridgehead atoms. The van der Waals surface area contributed by atoms with Gasteiger partial charge in [0.25, 0.3) is 0 Å². The predicted octanol–water partition coefficient (Wildman–Crippen LogP) is 4.66. The summed E-state index contributed by atoms with van der Waals surface area (Å²) in [6.07, 6.45) is 3.92. The lowest BCUT2D eigenvalue weighted by Crippen LogP contribution is -2.53. The highest BCUT2D eigenvalue weighted by molar-refractivity contribution is 7.11. The molecule has 1 aromatic heterocycles. The third kappa shape index (κ3) is 2.80. The Labute approximate surface area is 128 Å². The third-order valence-electron chi connectivity index (χ3n) is 4.98. The fourth-order valence-corrected chi connectivity index (χ4v) is 5.07. The van der Waals surface area contributed by atoms with Crippen LogP contribution in [0.5, 0.6) is 0 Å². The van der Waals surface area contributed by atoms with Crippen LogP contribution in [0.1, 0.15) is 62.5 Å². The van der Waals surface area contributed by atoms with E-state index in [0.717, 1.165) is 12.5 Å². The maximum atomic E-state index is 4.95. The van der Waals surface area contributed by atoms with E-state index in [4.69, 9.17) is 4.98 Å². The van der Waals surface area contributed by atoms with Gasteiger partial charge < -0.3 is 5.32 Å². The van der Waals surface area contributed by atoms with Crippen molar-refractivity contribution in [3.8, 4) is 0 Å². The smallest absolute Gasteiger partial charge is 0.114 e. The van der Waals surface area contributed by atoms with E-state index in [2.05, 4.69) is 46.9 Å². The monoisotopic (exact) mass is 294 g/mol. The Kier molecular flexibility index (Phi) is 4.91. The number of nitrogens with one attached hydrogen (secondary N) is 1. The second-order valence-corrected chi connectivity index (χ2v) is 8.10. The van der Waals surface area contributed by atoms with Gasteiger partial charge in [-0.05, 0) is 51.0 Å². The minimum atomic E-state index is 0.101. The summed E-state index contributed by atoms with van der Waals surface area (Å²) in [6, 6.07) is 0. The Morgan fingerprint density at radius 2 is 2.05 bits per heavy atom. The Morgan fingerprint density at radius 3 is 2.55 bits per heavy atom. The quantitative estimate of drug-likeness (QED) is 0.874. The Hall–Kier alpha value is -0.410. The van der Waals surface area contributed by atoms with Crippen molar-refractivity contribution >= 4 is 11.3 Å². The van der Waals surface area contributed by atoms with Crippen LogP contribution in [0.3, 0.4) is 0 Å². The van der Waals surface area contributed by atoms with E-state index >= 15 is 0 Å². The fourth-order valence-electron chi connectivity index (χ4n) is 3.92. The number of aryl methyl sites for hydroxylation is 2. The summed E-state index contributed by atoms with van der Waals surface area (Å²) in [5, 5.41) is 5.20.